The normalized spacial score (nSPS) is 18.4. The summed E-state index contributed by atoms with van der Waals surface area (Å²) >= 11 is 0. The second-order valence-electron chi connectivity index (χ2n) is 7.64. The number of benzene rings is 2. The van der Waals surface area contributed by atoms with Gasteiger partial charge in [0.2, 0.25) is 11.7 Å². The quantitative estimate of drug-likeness (QED) is 0.586. The molecule has 1 unspecified atom stereocenters. The number of ether oxygens (including phenoxy) is 1. The minimum absolute atomic E-state index is 0.106. The molecule has 1 saturated heterocycles. The Kier molecular flexibility index (Phi) is 5.46. The van der Waals surface area contributed by atoms with E-state index in [1.807, 2.05) is 42.5 Å². The molecule has 3 aromatic rings. The minimum atomic E-state index is -1.14. The molecule has 0 spiro atoms. The number of nitrogens with one attached hydrogen (secondary N) is 1. The van der Waals surface area contributed by atoms with E-state index >= 15 is 0 Å². The summed E-state index contributed by atoms with van der Waals surface area (Å²) in [5.41, 5.74) is 1.50. The van der Waals surface area contributed by atoms with Crippen molar-refractivity contribution in [2.24, 2.45) is 0 Å². The molecule has 1 atom stereocenters. The summed E-state index contributed by atoms with van der Waals surface area (Å²) in [7, 11) is 1.58. The van der Waals surface area contributed by atoms with Gasteiger partial charge in [-0.15, -0.1) is 0 Å². The molecule has 1 N–H and O–H groups in total. The Bertz CT molecular complexity index is 1110. The van der Waals surface area contributed by atoms with Gasteiger partial charge in [0, 0.05) is 5.56 Å². The van der Waals surface area contributed by atoms with E-state index in [0.717, 1.165) is 23.3 Å². The maximum absolute atomic E-state index is 13.1. The summed E-state index contributed by atoms with van der Waals surface area (Å²) in [5, 5.41) is 6.77. The van der Waals surface area contributed by atoms with Gasteiger partial charge in [0.05, 0.1) is 7.11 Å². The van der Waals surface area contributed by atoms with Crippen molar-refractivity contribution in [2.75, 3.05) is 7.11 Å². The molecule has 8 heteroatoms. The molecule has 0 radical (unpaired) electrons. The van der Waals surface area contributed by atoms with E-state index in [0.29, 0.717) is 17.1 Å². The Morgan fingerprint density at radius 1 is 1.16 bits per heavy atom. The number of amides is 3. The van der Waals surface area contributed by atoms with Gasteiger partial charge in [-0.2, -0.15) is 4.98 Å². The lowest BCUT2D eigenvalue weighted by Gasteiger charge is -2.22. The van der Waals surface area contributed by atoms with Gasteiger partial charge in [-0.3, -0.25) is 9.69 Å². The predicted octanol–water partition coefficient (Wildman–Crippen LogP) is 3.66. The summed E-state index contributed by atoms with van der Waals surface area (Å²) in [5.74, 6) is 0.833. The van der Waals surface area contributed by atoms with Crippen LogP contribution in [0.25, 0.3) is 11.4 Å². The van der Waals surface area contributed by atoms with E-state index in [2.05, 4.69) is 22.4 Å². The van der Waals surface area contributed by atoms with E-state index in [1.54, 1.807) is 20.1 Å². The number of imide groups is 1. The summed E-state index contributed by atoms with van der Waals surface area (Å²) < 4.78 is 10.5. The van der Waals surface area contributed by atoms with Crippen LogP contribution in [0, 0.1) is 0 Å². The largest absolute Gasteiger partial charge is 0.497 e. The number of methoxy groups -OCH3 is 1. The Labute approximate surface area is 180 Å². The Balaban J connectivity index is 1.52. The highest BCUT2D eigenvalue weighted by Gasteiger charge is 2.49. The van der Waals surface area contributed by atoms with E-state index in [9.17, 15) is 9.59 Å². The molecule has 1 aromatic heterocycles. The van der Waals surface area contributed by atoms with Crippen molar-refractivity contribution < 1.29 is 18.8 Å². The van der Waals surface area contributed by atoms with E-state index in [1.165, 1.54) is 5.56 Å². The molecule has 3 amide bonds. The molecule has 0 saturated carbocycles. The van der Waals surface area contributed by atoms with Crippen LogP contribution in [-0.2, 0) is 23.3 Å². The van der Waals surface area contributed by atoms with E-state index in [-0.39, 0.29) is 18.3 Å². The SMILES string of the molecule is CCCc1ccc(C2(C)NC(=O)N(Cc3nc(-c4cccc(OC)c4)no3)C2=O)cc1. The van der Waals surface area contributed by atoms with Crippen LogP contribution in [0.3, 0.4) is 0 Å². The zero-order valence-corrected chi connectivity index (χ0v) is 17.7. The predicted molar refractivity (Wildman–Crippen MR) is 113 cm³/mol. The fourth-order valence-corrected chi connectivity index (χ4v) is 3.66. The van der Waals surface area contributed by atoms with Gasteiger partial charge < -0.3 is 14.6 Å². The zero-order valence-electron chi connectivity index (χ0n) is 17.7. The molecule has 4 rings (SSSR count). The van der Waals surface area contributed by atoms with Crippen LogP contribution in [0.1, 0.15) is 37.3 Å². The molecule has 8 nitrogen and oxygen atoms in total. The highest BCUT2D eigenvalue weighted by molar-refractivity contribution is 6.07. The first kappa shape index (κ1) is 20.6. The average Bonchev–Trinajstić information content (AvgIpc) is 3.34. The van der Waals surface area contributed by atoms with Gasteiger partial charge in [-0.1, -0.05) is 54.9 Å². The fraction of sp³-hybridized carbons (Fsp3) is 0.304. The van der Waals surface area contributed by atoms with Gasteiger partial charge in [0.1, 0.15) is 17.8 Å². The number of nitrogens with zero attached hydrogens (tertiary/aromatic N) is 3. The standard InChI is InChI=1S/C23H24N4O4/c1-4-6-15-9-11-17(12-10-15)23(2)21(28)27(22(29)25-23)14-19-24-20(26-31-19)16-7-5-8-18(13-16)30-3/h5,7-13H,4,6,14H2,1-3H3,(H,25,29). The van der Waals surface area contributed by atoms with Crippen molar-refractivity contribution in [1.82, 2.24) is 20.4 Å². The molecule has 2 heterocycles. The van der Waals surface area contributed by atoms with Crippen molar-refractivity contribution in [3.8, 4) is 17.1 Å². The number of aromatic nitrogens is 2. The van der Waals surface area contributed by atoms with Crippen LogP contribution in [0.2, 0.25) is 0 Å². The summed E-state index contributed by atoms with van der Waals surface area (Å²) in [6.07, 6.45) is 2.01. The highest BCUT2D eigenvalue weighted by Crippen LogP contribution is 2.30. The lowest BCUT2D eigenvalue weighted by Crippen LogP contribution is -2.40. The zero-order chi connectivity index (χ0) is 22.0. The van der Waals surface area contributed by atoms with Crippen molar-refractivity contribution in [3.63, 3.8) is 0 Å². The Morgan fingerprint density at radius 3 is 2.65 bits per heavy atom. The van der Waals surface area contributed by atoms with Gasteiger partial charge >= 0.3 is 6.03 Å². The maximum Gasteiger partial charge on any atom is 0.325 e. The first-order valence-electron chi connectivity index (χ1n) is 10.1. The number of aryl methyl sites for hydroxylation is 1. The minimum Gasteiger partial charge on any atom is -0.497 e. The van der Waals surface area contributed by atoms with Gasteiger partial charge in [-0.05, 0) is 36.6 Å². The third kappa shape index (κ3) is 3.88. The highest BCUT2D eigenvalue weighted by atomic mass is 16.5. The second-order valence-corrected chi connectivity index (χ2v) is 7.64. The van der Waals surface area contributed by atoms with E-state index in [4.69, 9.17) is 9.26 Å². The monoisotopic (exact) mass is 420 g/mol. The van der Waals surface area contributed by atoms with Crippen LogP contribution in [-0.4, -0.2) is 34.1 Å². The Morgan fingerprint density at radius 2 is 1.94 bits per heavy atom. The van der Waals surface area contributed by atoms with Crippen LogP contribution >= 0.6 is 0 Å². The number of rotatable bonds is 7. The molecule has 1 aliphatic rings. The van der Waals surface area contributed by atoms with Crippen molar-refractivity contribution in [2.45, 2.75) is 38.8 Å². The van der Waals surface area contributed by atoms with Crippen molar-refractivity contribution >= 4 is 11.9 Å². The summed E-state index contributed by atoms with van der Waals surface area (Å²) in [6.45, 7) is 3.72. The fourth-order valence-electron chi connectivity index (χ4n) is 3.66. The molecule has 1 fully saturated rings. The van der Waals surface area contributed by atoms with Gasteiger partial charge in [-0.25, -0.2) is 4.79 Å². The summed E-state index contributed by atoms with van der Waals surface area (Å²) in [4.78, 5) is 31.2. The molecular formula is C23H24N4O4. The number of carbonyl (C=O) groups is 2. The van der Waals surface area contributed by atoms with Crippen LogP contribution in [0.15, 0.2) is 53.1 Å². The molecule has 160 valence electrons. The topological polar surface area (TPSA) is 97.6 Å². The van der Waals surface area contributed by atoms with Gasteiger partial charge in [0.15, 0.2) is 0 Å². The maximum atomic E-state index is 13.1. The molecular weight excluding hydrogens is 396 g/mol. The molecule has 0 aliphatic carbocycles. The molecule has 2 aromatic carbocycles. The molecule has 31 heavy (non-hydrogen) atoms. The average molecular weight is 420 g/mol. The van der Waals surface area contributed by atoms with Crippen molar-refractivity contribution in [3.05, 3.63) is 65.5 Å². The number of hydrogen-bond acceptors (Lipinski definition) is 6. The van der Waals surface area contributed by atoms with Crippen LogP contribution < -0.4 is 10.1 Å². The number of urea groups is 1. The number of hydrogen-bond donors (Lipinski definition) is 1. The molecule has 0 bridgehead atoms. The lowest BCUT2D eigenvalue weighted by molar-refractivity contribution is -0.131. The Hall–Kier alpha value is -3.68. The first-order chi connectivity index (χ1) is 14.9. The van der Waals surface area contributed by atoms with E-state index < -0.39 is 11.6 Å². The number of carbonyl (C=O) groups excluding carboxylic acids is 2. The van der Waals surface area contributed by atoms with Gasteiger partial charge in [0.25, 0.3) is 5.91 Å². The lowest BCUT2D eigenvalue weighted by atomic mass is 9.91. The van der Waals surface area contributed by atoms with Crippen molar-refractivity contribution in [1.29, 1.82) is 0 Å². The van der Waals surface area contributed by atoms with Crippen LogP contribution in [0.5, 0.6) is 5.75 Å². The smallest absolute Gasteiger partial charge is 0.325 e. The molecule has 1 aliphatic heterocycles. The summed E-state index contributed by atoms with van der Waals surface area (Å²) in [6, 6.07) is 14.5. The third-order valence-electron chi connectivity index (χ3n) is 5.43. The third-order valence-corrected chi connectivity index (χ3v) is 5.43. The second kappa shape index (κ2) is 8.22. The van der Waals surface area contributed by atoms with Crippen LogP contribution in [0.4, 0.5) is 4.79 Å². The first-order valence-corrected chi connectivity index (χ1v) is 10.1.